The van der Waals surface area contributed by atoms with Gasteiger partial charge in [0, 0.05) is 60.4 Å². The topological polar surface area (TPSA) is 117 Å². The van der Waals surface area contributed by atoms with Crippen LogP contribution in [-0.2, 0) is 11.3 Å². The number of methoxy groups -OCH3 is 2. The van der Waals surface area contributed by atoms with Crippen molar-refractivity contribution in [2.45, 2.75) is 52.1 Å². The molecule has 12 heteroatoms. The van der Waals surface area contributed by atoms with Crippen LogP contribution in [0.4, 0.5) is 21.8 Å². The Labute approximate surface area is 244 Å². The minimum atomic E-state index is -1.38. The summed E-state index contributed by atoms with van der Waals surface area (Å²) in [6, 6.07) is 9.29. The molecule has 222 valence electrons. The lowest BCUT2D eigenvalue weighted by atomic mass is 10.1. The van der Waals surface area contributed by atoms with Crippen LogP contribution in [0.25, 0.3) is 11.1 Å². The number of hydrogen-bond donors (Lipinski definition) is 2. The van der Waals surface area contributed by atoms with Crippen molar-refractivity contribution in [1.82, 2.24) is 24.7 Å². The Bertz CT molecular complexity index is 1510. The molecule has 1 aliphatic heterocycles. The van der Waals surface area contributed by atoms with Crippen molar-refractivity contribution in [2.75, 3.05) is 38.1 Å². The fourth-order valence-electron chi connectivity index (χ4n) is 4.59. The monoisotopic (exact) mass is 577 g/mol. The molecule has 3 aromatic heterocycles. The molecule has 0 bridgehead atoms. The predicted octanol–water partition coefficient (Wildman–Crippen LogP) is 5.89. The first kappa shape index (κ1) is 29.1. The lowest BCUT2D eigenvalue weighted by Gasteiger charge is -2.16. The van der Waals surface area contributed by atoms with Crippen LogP contribution in [0.3, 0.4) is 0 Å². The van der Waals surface area contributed by atoms with Gasteiger partial charge in [0.15, 0.2) is 12.0 Å². The summed E-state index contributed by atoms with van der Waals surface area (Å²) in [5.41, 5.74) is 2.60. The van der Waals surface area contributed by atoms with Gasteiger partial charge in [-0.3, -0.25) is 4.68 Å². The average Bonchev–Trinajstić information content (AvgIpc) is 3.68. The number of aromatic nitrogens is 5. The highest BCUT2D eigenvalue weighted by atomic mass is 19.1. The van der Waals surface area contributed by atoms with E-state index in [2.05, 4.69) is 30.7 Å². The van der Waals surface area contributed by atoms with Gasteiger partial charge in [0.2, 0.25) is 0 Å². The molecule has 1 fully saturated rings. The van der Waals surface area contributed by atoms with E-state index in [0.29, 0.717) is 47.9 Å². The maximum absolute atomic E-state index is 14.4. The van der Waals surface area contributed by atoms with E-state index < -0.39 is 6.17 Å². The van der Waals surface area contributed by atoms with Crippen molar-refractivity contribution in [3.63, 3.8) is 0 Å². The fraction of sp³-hybridized carbons (Fsp3) is 0.400. The number of pyridine rings is 1. The van der Waals surface area contributed by atoms with Crippen LogP contribution in [0.15, 0.2) is 48.9 Å². The van der Waals surface area contributed by atoms with E-state index >= 15 is 0 Å². The van der Waals surface area contributed by atoms with E-state index in [1.54, 1.807) is 38.6 Å². The normalized spacial score (nSPS) is 15.5. The zero-order valence-corrected chi connectivity index (χ0v) is 24.4. The molecule has 2 N–H and O–H groups in total. The second kappa shape index (κ2) is 13.0. The molecule has 5 rings (SSSR count). The molecule has 0 spiro atoms. The molecule has 4 heterocycles. The van der Waals surface area contributed by atoms with E-state index in [0.717, 1.165) is 29.7 Å². The predicted molar refractivity (Wildman–Crippen MR) is 157 cm³/mol. The van der Waals surface area contributed by atoms with Gasteiger partial charge in [-0.2, -0.15) is 5.10 Å². The second-order valence-corrected chi connectivity index (χ2v) is 10.2. The van der Waals surface area contributed by atoms with Crippen LogP contribution >= 0.6 is 0 Å². The van der Waals surface area contributed by atoms with Crippen LogP contribution in [0.2, 0.25) is 0 Å². The number of ether oxygens (including phenoxy) is 4. The van der Waals surface area contributed by atoms with Gasteiger partial charge in [0.05, 0.1) is 39.2 Å². The van der Waals surface area contributed by atoms with Crippen molar-refractivity contribution in [2.24, 2.45) is 0 Å². The van der Waals surface area contributed by atoms with Gasteiger partial charge in [-0.15, -0.1) is 0 Å². The first-order valence-corrected chi connectivity index (χ1v) is 13.9. The van der Waals surface area contributed by atoms with Gasteiger partial charge in [-0.25, -0.2) is 19.3 Å². The number of hydrogen-bond acceptors (Lipinski definition) is 10. The smallest absolute Gasteiger partial charge is 0.166 e. The summed E-state index contributed by atoms with van der Waals surface area (Å²) in [6.07, 6.45) is 5.03. The number of anilines is 3. The third kappa shape index (κ3) is 6.88. The first-order chi connectivity index (χ1) is 20.3. The summed E-state index contributed by atoms with van der Waals surface area (Å²) in [5.74, 6) is 3.36. The highest BCUT2D eigenvalue weighted by Crippen LogP contribution is 2.34. The molecule has 42 heavy (non-hydrogen) atoms. The molecule has 4 aromatic rings. The lowest BCUT2D eigenvalue weighted by Crippen LogP contribution is -2.09. The Kier molecular flexibility index (Phi) is 9.01. The van der Waals surface area contributed by atoms with E-state index in [1.165, 1.54) is 6.92 Å². The Hall–Kier alpha value is -4.45. The number of halogens is 1. The summed E-state index contributed by atoms with van der Waals surface area (Å²) in [5, 5.41) is 11.0. The summed E-state index contributed by atoms with van der Waals surface area (Å²) in [4.78, 5) is 13.3. The van der Waals surface area contributed by atoms with Crippen LogP contribution in [0.5, 0.6) is 17.2 Å². The SMILES string of the molecule is COc1ccc(CNc2cc(Nc3cc(OC(C)C)c(-c4cnn(C5CCOC5)c4)cn3)nc([C@H](C)F)n2)c(OC)c1. The first-order valence-electron chi connectivity index (χ1n) is 13.9. The van der Waals surface area contributed by atoms with E-state index in [9.17, 15) is 4.39 Å². The second-order valence-electron chi connectivity index (χ2n) is 10.2. The van der Waals surface area contributed by atoms with Crippen molar-refractivity contribution in [3.8, 4) is 28.4 Å². The highest BCUT2D eigenvalue weighted by molar-refractivity contribution is 5.71. The molecule has 0 radical (unpaired) electrons. The maximum Gasteiger partial charge on any atom is 0.166 e. The van der Waals surface area contributed by atoms with Crippen LogP contribution in [0.1, 0.15) is 50.8 Å². The summed E-state index contributed by atoms with van der Waals surface area (Å²) in [6.45, 7) is 7.11. The number of rotatable bonds is 12. The lowest BCUT2D eigenvalue weighted by molar-refractivity contribution is 0.184. The highest BCUT2D eigenvalue weighted by Gasteiger charge is 2.20. The van der Waals surface area contributed by atoms with Gasteiger partial charge in [-0.1, -0.05) is 0 Å². The molecular formula is C30H36FN7O4. The molecule has 1 saturated heterocycles. The van der Waals surface area contributed by atoms with Crippen molar-refractivity contribution in [3.05, 3.63) is 60.3 Å². The Morgan fingerprint density at radius 3 is 2.57 bits per heavy atom. The zero-order valence-electron chi connectivity index (χ0n) is 24.4. The summed E-state index contributed by atoms with van der Waals surface area (Å²) >= 11 is 0. The standard InChI is InChI=1S/C30H36FN7O4/c1-18(2)42-26-11-27(33-15-24(26)21-14-34-38(16-21)22-8-9-41-17-22)35-29-12-28(36-30(37-29)19(3)31)32-13-20-6-7-23(39-4)10-25(20)40-5/h6-7,10-12,14-16,18-19,22H,8-9,13,17H2,1-5H3,(H2,32,33,35,36,37)/t19-,22?/m0/s1. The number of nitrogens with zero attached hydrogens (tertiary/aromatic N) is 5. The molecule has 0 aliphatic carbocycles. The minimum absolute atomic E-state index is 0.0442. The molecule has 0 amide bonds. The van der Waals surface area contributed by atoms with Crippen molar-refractivity contribution < 1.29 is 23.3 Å². The number of benzene rings is 1. The minimum Gasteiger partial charge on any atom is -0.497 e. The Balaban J connectivity index is 1.38. The van der Waals surface area contributed by atoms with Crippen molar-refractivity contribution in [1.29, 1.82) is 0 Å². The summed E-state index contributed by atoms with van der Waals surface area (Å²) < 4.78 is 38.8. The van der Waals surface area contributed by atoms with Gasteiger partial charge < -0.3 is 29.6 Å². The fourth-order valence-corrected chi connectivity index (χ4v) is 4.59. The molecule has 0 saturated carbocycles. The molecule has 1 aliphatic rings. The summed E-state index contributed by atoms with van der Waals surface area (Å²) in [7, 11) is 3.20. The average molecular weight is 578 g/mol. The number of nitrogens with one attached hydrogen (secondary N) is 2. The molecular weight excluding hydrogens is 541 g/mol. The van der Waals surface area contributed by atoms with E-state index in [-0.39, 0.29) is 18.0 Å². The molecule has 11 nitrogen and oxygen atoms in total. The third-order valence-corrected chi connectivity index (χ3v) is 6.73. The van der Waals surface area contributed by atoms with Gasteiger partial charge in [-0.05, 0) is 39.3 Å². The van der Waals surface area contributed by atoms with Crippen LogP contribution in [-0.4, -0.2) is 58.3 Å². The van der Waals surface area contributed by atoms with Crippen molar-refractivity contribution >= 4 is 17.5 Å². The van der Waals surface area contributed by atoms with E-state index in [1.807, 2.05) is 43.1 Å². The molecule has 2 atom stereocenters. The largest absolute Gasteiger partial charge is 0.497 e. The quantitative estimate of drug-likeness (QED) is 0.211. The maximum atomic E-state index is 14.4. The Morgan fingerprint density at radius 2 is 1.86 bits per heavy atom. The van der Waals surface area contributed by atoms with Gasteiger partial charge in [0.25, 0.3) is 0 Å². The third-order valence-electron chi connectivity index (χ3n) is 6.73. The molecule has 1 unspecified atom stereocenters. The van der Waals surface area contributed by atoms with E-state index in [4.69, 9.17) is 18.9 Å². The van der Waals surface area contributed by atoms with Gasteiger partial charge >= 0.3 is 0 Å². The van der Waals surface area contributed by atoms with Crippen LogP contribution in [0, 0.1) is 0 Å². The molecule has 1 aromatic carbocycles. The number of alkyl halides is 1. The zero-order chi connectivity index (χ0) is 29.6. The van der Waals surface area contributed by atoms with Gasteiger partial charge in [0.1, 0.15) is 34.7 Å². The van der Waals surface area contributed by atoms with Crippen LogP contribution < -0.4 is 24.8 Å². The Morgan fingerprint density at radius 1 is 1.02 bits per heavy atom.